The Kier molecular flexibility index (Phi) is 4.50. The van der Waals surface area contributed by atoms with E-state index in [2.05, 4.69) is 5.32 Å². The molecule has 0 radical (unpaired) electrons. The van der Waals surface area contributed by atoms with Crippen LogP contribution in [0.5, 0.6) is 0 Å². The molecule has 0 aliphatic rings. The molecule has 1 aromatic heterocycles. The van der Waals surface area contributed by atoms with Crippen molar-refractivity contribution in [1.82, 2.24) is 5.32 Å². The summed E-state index contributed by atoms with van der Waals surface area (Å²) in [6.07, 6.45) is 4.60. The summed E-state index contributed by atoms with van der Waals surface area (Å²) in [5.41, 5.74) is 0. The number of furan rings is 1. The van der Waals surface area contributed by atoms with E-state index < -0.39 is 0 Å². The van der Waals surface area contributed by atoms with Crippen molar-refractivity contribution in [2.75, 3.05) is 20.3 Å². The summed E-state index contributed by atoms with van der Waals surface area (Å²) in [7, 11) is 1.59. The molecule has 0 saturated carbocycles. The summed E-state index contributed by atoms with van der Waals surface area (Å²) in [4.78, 5) is 11.1. The highest BCUT2D eigenvalue weighted by molar-refractivity contribution is 5.91. The number of rotatable bonds is 5. The van der Waals surface area contributed by atoms with E-state index in [9.17, 15) is 4.79 Å². The maximum Gasteiger partial charge on any atom is 0.244 e. The Bertz CT molecular complexity index is 290. The van der Waals surface area contributed by atoms with Crippen molar-refractivity contribution in [2.24, 2.45) is 0 Å². The monoisotopic (exact) mass is 195 g/mol. The summed E-state index contributed by atoms with van der Waals surface area (Å²) in [5, 5.41) is 2.65. The molecular weight excluding hydrogens is 182 g/mol. The van der Waals surface area contributed by atoms with Crippen LogP contribution in [0, 0.1) is 0 Å². The van der Waals surface area contributed by atoms with E-state index in [4.69, 9.17) is 9.15 Å². The molecule has 0 atom stereocenters. The molecular formula is C10H13NO3. The Morgan fingerprint density at radius 2 is 2.57 bits per heavy atom. The number of hydrogen-bond acceptors (Lipinski definition) is 3. The summed E-state index contributed by atoms with van der Waals surface area (Å²) in [6, 6.07) is 3.54. The molecule has 1 rings (SSSR count). The zero-order valence-corrected chi connectivity index (χ0v) is 8.03. The first-order chi connectivity index (χ1) is 6.83. The number of ether oxygens (including phenoxy) is 1. The molecule has 4 nitrogen and oxygen atoms in total. The Balaban J connectivity index is 2.26. The lowest BCUT2D eigenvalue weighted by Gasteiger charge is -1.99. The highest BCUT2D eigenvalue weighted by Crippen LogP contribution is 2.01. The van der Waals surface area contributed by atoms with Gasteiger partial charge in [-0.15, -0.1) is 0 Å². The number of carbonyl (C=O) groups excluding carboxylic acids is 1. The van der Waals surface area contributed by atoms with Gasteiger partial charge in [0, 0.05) is 19.7 Å². The van der Waals surface area contributed by atoms with Crippen molar-refractivity contribution in [3.63, 3.8) is 0 Å². The van der Waals surface area contributed by atoms with E-state index in [0.29, 0.717) is 18.9 Å². The highest BCUT2D eigenvalue weighted by atomic mass is 16.5. The molecule has 0 aliphatic heterocycles. The minimum Gasteiger partial charge on any atom is -0.465 e. The molecule has 4 heteroatoms. The van der Waals surface area contributed by atoms with Crippen molar-refractivity contribution in [2.45, 2.75) is 0 Å². The van der Waals surface area contributed by atoms with Crippen molar-refractivity contribution >= 4 is 12.0 Å². The van der Waals surface area contributed by atoms with Gasteiger partial charge in [-0.3, -0.25) is 4.79 Å². The Morgan fingerprint density at radius 3 is 3.21 bits per heavy atom. The van der Waals surface area contributed by atoms with Crippen LogP contribution >= 0.6 is 0 Å². The van der Waals surface area contributed by atoms with Gasteiger partial charge in [-0.25, -0.2) is 0 Å². The quantitative estimate of drug-likeness (QED) is 0.564. The fourth-order valence-electron chi connectivity index (χ4n) is 0.879. The van der Waals surface area contributed by atoms with Gasteiger partial charge < -0.3 is 14.5 Å². The lowest BCUT2D eigenvalue weighted by atomic mass is 10.4. The van der Waals surface area contributed by atoms with Crippen LogP contribution in [0.2, 0.25) is 0 Å². The van der Waals surface area contributed by atoms with Crippen molar-refractivity contribution in [3.05, 3.63) is 30.2 Å². The summed E-state index contributed by atoms with van der Waals surface area (Å²) in [5.74, 6) is 0.505. The number of methoxy groups -OCH3 is 1. The second-order valence-corrected chi connectivity index (χ2v) is 2.63. The predicted octanol–water partition coefficient (Wildman–Crippen LogP) is 1.06. The first-order valence-electron chi connectivity index (χ1n) is 4.31. The number of hydrogen-bond donors (Lipinski definition) is 1. The van der Waals surface area contributed by atoms with Crippen LogP contribution in [0.3, 0.4) is 0 Å². The predicted molar refractivity (Wildman–Crippen MR) is 52.6 cm³/mol. The second kappa shape index (κ2) is 5.99. The van der Waals surface area contributed by atoms with E-state index in [-0.39, 0.29) is 5.91 Å². The molecule has 1 heterocycles. The minimum atomic E-state index is -0.154. The third kappa shape index (κ3) is 3.91. The topological polar surface area (TPSA) is 51.5 Å². The fraction of sp³-hybridized carbons (Fsp3) is 0.300. The molecule has 0 fully saturated rings. The molecule has 0 aliphatic carbocycles. The average Bonchev–Trinajstić information content (AvgIpc) is 2.68. The number of carbonyl (C=O) groups is 1. The van der Waals surface area contributed by atoms with E-state index in [1.807, 2.05) is 0 Å². The standard InChI is InChI=1S/C10H13NO3/c1-13-8-6-11-10(12)5-4-9-3-2-7-14-9/h2-5,7H,6,8H2,1H3,(H,11,12). The molecule has 0 unspecified atom stereocenters. The SMILES string of the molecule is COCCNC(=O)C=Cc1ccco1. The van der Waals surface area contributed by atoms with E-state index in [1.54, 1.807) is 31.6 Å². The molecule has 76 valence electrons. The molecule has 1 aromatic rings. The highest BCUT2D eigenvalue weighted by Gasteiger charge is 1.94. The van der Waals surface area contributed by atoms with Crippen molar-refractivity contribution < 1.29 is 13.9 Å². The molecule has 0 saturated heterocycles. The second-order valence-electron chi connectivity index (χ2n) is 2.63. The van der Waals surface area contributed by atoms with Crippen LogP contribution in [0.25, 0.3) is 6.08 Å². The Morgan fingerprint density at radius 1 is 1.71 bits per heavy atom. The van der Waals surface area contributed by atoms with Crippen molar-refractivity contribution in [3.8, 4) is 0 Å². The lowest BCUT2D eigenvalue weighted by molar-refractivity contribution is -0.116. The van der Waals surface area contributed by atoms with Gasteiger partial charge in [0.05, 0.1) is 12.9 Å². The van der Waals surface area contributed by atoms with Gasteiger partial charge in [-0.1, -0.05) is 0 Å². The lowest BCUT2D eigenvalue weighted by Crippen LogP contribution is -2.24. The van der Waals surface area contributed by atoms with Gasteiger partial charge in [0.15, 0.2) is 0 Å². The number of amides is 1. The summed E-state index contributed by atoms with van der Waals surface area (Å²) in [6.45, 7) is 1.03. The van der Waals surface area contributed by atoms with Gasteiger partial charge in [-0.2, -0.15) is 0 Å². The van der Waals surface area contributed by atoms with Crippen LogP contribution in [0.4, 0.5) is 0 Å². The van der Waals surface area contributed by atoms with Crippen LogP contribution in [0.15, 0.2) is 28.9 Å². The van der Waals surface area contributed by atoms with Gasteiger partial charge in [0.25, 0.3) is 0 Å². The molecule has 0 spiro atoms. The van der Waals surface area contributed by atoms with E-state index in [0.717, 1.165) is 0 Å². The third-order valence-electron chi connectivity index (χ3n) is 1.55. The van der Waals surface area contributed by atoms with Crippen molar-refractivity contribution in [1.29, 1.82) is 0 Å². The van der Waals surface area contributed by atoms with E-state index >= 15 is 0 Å². The van der Waals surface area contributed by atoms with Gasteiger partial charge in [0.1, 0.15) is 5.76 Å². The van der Waals surface area contributed by atoms with Crippen LogP contribution < -0.4 is 5.32 Å². The van der Waals surface area contributed by atoms with Crippen LogP contribution in [0.1, 0.15) is 5.76 Å². The average molecular weight is 195 g/mol. The molecule has 1 N–H and O–H groups in total. The third-order valence-corrected chi connectivity index (χ3v) is 1.55. The zero-order valence-electron chi connectivity index (χ0n) is 8.03. The van der Waals surface area contributed by atoms with Crippen LogP contribution in [-0.4, -0.2) is 26.2 Å². The largest absolute Gasteiger partial charge is 0.465 e. The first kappa shape index (κ1) is 10.5. The smallest absolute Gasteiger partial charge is 0.244 e. The normalized spacial score (nSPS) is 10.6. The maximum atomic E-state index is 11.1. The van der Waals surface area contributed by atoms with Gasteiger partial charge in [-0.05, 0) is 18.2 Å². The minimum absolute atomic E-state index is 0.154. The maximum absolute atomic E-state index is 11.1. The number of nitrogens with one attached hydrogen (secondary N) is 1. The molecule has 0 aromatic carbocycles. The fourth-order valence-corrected chi connectivity index (χ4v) is 0.879. The Hall–Kier alpha value is -1.55. The van der Waals surface area contributed by atoms with Crippen LogP contribution in [-0.2, 0) is 9.53 Å². The van der Waals surface area contributed by atoms with Gasteiger partial charge >= 0.3 is 0 Å². The molecule has 0 bridgehead atoms. The summed E-state index contributed by atoms with van der Waals surface area (Å²) < 4.78 is 9.80. The van der Waals surface area contributed by atoms with E-state index in [1.165, 1.54) is 6.08 Å². The summed E-state index contributed by atoms with van der Waals surface area (Å²) >= 11 is 0. The first-order valence-corrected chi connectivity index (χ1v) is 4.31. The molecule has 1 amide bonds. The zero-order chi connectivity index (χ0) is 10.2. The Labute approximate surface area is 82.6 Å². The molecule has 14 heavy (non-hydrogen) atoms. The van der Waals surface area contributed by atoms with Gasteiger partial charge in [0.2, 0.25) is 5.91 Å².